The molecule has 0 aliphatic heterocycles. The SMILES string of the molecule is CC(N)=NCCc1ccc(OCCOCCOCCNC(=O)C(=O)NCCOCCOCCOc2ccc(CCN=C(N)NC(=O)c3nc(Cl)c(N)nc3N)cc2)cc1. The van der Waals surface area contributed by atoms with Crippen molar-refractivity contribution < 1.29 is 42.8 Å². The van der Waals surface area contributed by atoms with Crippen molar-refractivity contribution in [3.63, 3.8) is 0 Å². The number of carbonyl (C=O) groups excluding carboxylic acids is 3. The average molecular weight is 844 g/mol. The van der Waals surface area contributed by atoms with E-state index in [2.05, 4.69) is 35.9 Å². The maximum absolute atomic E-state index is 12.3. The second-order valence-electron chi connectivity index (χ2n) is 12.3. The van der Waals surface area contributed by atoms with Crippen molar-refractivity contribution in [1.29, 1.82) is 0 Å². The van der Waals surface area contributed by atoms with Crippen LogP contribution < -0.4 is 48.4 Å². The summed E-state index contributed by atoms with van der Waals surface area (Å²) >= 11 is 5.81. The molecule has 0 radical (unpaired) electrons. The predicted molar refractivity (Wildman–Crippen MR) is 223 cm³/mol. The van der Waals surface area contributed by atoms with Gasteiger partial charge in [0.2, 0.25) is 0 Å². The topological polar surface area (TPSA) is 297 Å². The fraction of sp³-hybridized carbons (Fsp3) is 0.447. The summed E-state index contributed by atoms with van der Waals surface area (Å²) in [7, 11) is 0. The smallest absolute Gasteiger partial charge is 0.309 e. The van der Waals surface area contributed by atoms with Crippen molar-refractivity contribution in [2.45, 2.75) is 19.8 Å². The van der Waals surface area contributed by atoms with E-state index in [4.69, 9.17) is 63.0 Å². The predicted octanol–water partition coefficient (Wildman–Crippen LogP) is 0.258. The third-order valence-corrected chi connectivity index (χ3v) is 7.94. The van der Waals surface area contributed by atoms with E-state index in [0.29, 0.717) is 84.0 Å². The van der Waals surface area contributed by atoms with Gasteiger partial charge in [0.1, 0.15) is 24.7 Å². The maximum Gasteiger partial charge on any atom is 0.309 e. The summed E-state index contributed by atoms with van der Waals surface area (Å²) in [5.74, 6) is -0.607. The first-order valence-corrected chi connectivity index (χ1v) is 19.2. The molecule has 0 atom stereocenters. The Labute approximate surface area is 347 Å². The van der Waals surface area contributed by atoms with Gasteiger partial charge in [-0.15, -0.1) is 0 Å². The number of carbonyl (C=O) groups is 3. The number of aliphatic imine (C=N–C) groups is 2. The van der Waals surface area contributed by atoms with Gasteiger partial charge in [-0.05, 0) is 55.2 Å². The molecule has 0 fully saturated rings. The molecule has 322 valence electrons. The fourth-order valence-corrected chi connectivity index (χ4v) is 4.84. The molecule has 0 spiro atoms. The first kappa shape index (κ1) is 47.6. The molecule has 59 heavy (non-hydrogen) atoms. The van der Waals surface area contributed by atoms with Gasteiger partial charge in [-0.1, -0.05) is 35.9 Å². The molecule has 3 amide bonds. The van der Waals surface area contributed by atoms with Crippen molar-refractivity contribution in [3.8, 4) is 11.5 Å². The molecule has 0 bridgehead atoms. The van der Waals surface area contributed by atoms with E-state index < -0.39 is 17.7 Å². The largest absolute Gasteiger partial charge is 0.491 e. The van der Waals surface area contributed by atoms with Gasteiger partial charge in [0.05, 0.1) is 58.7 Å². The average Bonchev–Trinajstić information content (AvgIpc) is 3.21. The summed E-state index contributed by atoms with van der Waals surface area (Å²) in [6.45, 7) is 6.35. The van der Waals surface area contributed by atoms with Gasteiger partial charge in [-0.25, -0.2) is 9.97 Å². The highest BCUT2D eigenvalue weighted by molar-refractivity contribution is 6.35. The second-order valence-corrected chi connectivity index (χ2v) is 12.7. The van der Waals surface area contributed by atoms with E-state index in [1.807, 2.05) is 48.5 Å². The minimum Gasteiger partial charge on any atom is -0.491 e. The van der Waals surface area contributed by atoms with Crippen LogP contribution in [-0.4, -0.2) is 132 Å². The lowest BCUT2D eigenvalue weighted by molar-refractivity contribution is -0.139. The normalized spacial score (nSPS) is 11.6. The van der Waals surface area contributed by atoms with Gasteiger partial charge in [-0.2, -0.15) is 0 Å². The molecule has 3 rings (SSSR count). The number of hydrogen-bond acceptors (Lipinski definition) is 15. The number of halogens is 1. The zero-order valence-electron chi connectivity index (χ0n) is 33.1. The number of amidine groups is 1. The summed E-state index contributed by atoms with van der Waals surface area (Å²) in [5, 5.41) is 7.23. The van der Waals surface area contributed by atoms with E-state index in [9.17, 15) is 14.4 Å². The lowest BCUT2D eigenvalue weighted by Crippen LogP contribution is -2.42. The molecular formula is C38H54ClN11O9. The number of nitrogens with one attached hydrogen (secondary N) is 3. The Morgan fingerprint density at radius 3 is 1.54 bits per heavy atom. The molecule has 0 aliphatic carbocycles. The summed E-state index contributed by atoms with van der Waals surface area (Å²) in [5.41, 5.74) is 24.5. The van der Waals surface area contributed by atoms with Crippen molar-refractivity contribution in [2.75, 3.05) is 104 Å². The lowest BCUT2D eigenvalue weighted by Gasteiger charge is -2.10. The molecule has 0 aliphatic rings. The van der Waals surface area contributed by atoms with Crippen LogP contribution in [0.1, 0.15) is 28.5 Å². The van der Waals surface area contributed by atoms with Crippen molar-refractivity contribution in [2.24, 2.45) is 21.5 Å². The Morgan fingerprint density at radius 1 is 0.627 bits per heavy atom. The number of guanidine groups is 1. The molecule has 0 saturated heterocycles. The minimum atomic E-state index is -0.757. The number of hydrogen-bond donors (Lipinski definition) is 7. The number of nitrogens with two attached hydrogens (primary N) is 4. The van der Waals surface area contributed by atoms with Crippen LogP contribution in [0.3, 0.4) is 0 Å². The van der Waals surface area contributed by atoms with Gasteiger partial charge in [0, 0.05) is 26.2 Å². The Balaban J connectivity index is 1.09. The summed E-state index contributed by atoms with van der Waals surface area (Å²) in [6.07, 6.45) is 1.37. The molecule has 2 aromatic carbocycles. The highest BCUT2D eigenvalue weighted by Crippen LogP contribution is 2.17. The number of nitrogens with zero attached hydrogens (tertiary/aromatic N) is 4. The Hall–Kier alpha value is -5.80. The van der Waals surface area contributed by atoms with E-state index in [-0.39, 0.29) is 54.7 Å². The molecule has 11 N–H and O–H groups in total. The van der Waals surface area contributed by atoms with Gasteiger partial charge in [-0.3, -0.25) is 29.7 Å². The van der Waals surface area contributed by atoms with Gasteiger partial charge in [0.25, 0.3) is 5.91 Å². The summed E-state index contributed by atoms with van der Waals surface area (Å²) in [4.78, 5) is 52.2. The summed E-state index contributed by atoms with van der Waals surface area (Å²) < 4.78 is 33.2. The van der Waals surface area contributed by atoms with Crippen LogP contribution in [0, 0.1) is 0 Å². The Bertz CT molecular complexity index is 1800. The van der Waals surface area contributed by atoms with Crippen LogP contribution in [-0.2, 0) is 41.4 Å². The van der Waals surface area contributed by atoms with Gasteiger partial charge < -0.3 is 62.0 Å². The number of amides is 3. The lowest BCUT2D eigenvalue weighted by atomic mass is 10.1. The van der Waals surface area contributed by atoms with Crippen LogP contribution in [0.4, 0.5) is 11.6 Å². The number of anilines is 2. The Morgan fingerprint density at radius 2 is 1.07 bits per heavy atom. The van der Waals surface area contributed by atoms with Crippen LogP contribution in [0.25, 0.3) is 0 Å². The number of aromatic nitrogens is 2. The molecule has 1 aromatic heterocycles. The van der Waals surface area contributed by atoms with E-state index in [0.717, 1.165) is 23.3 Å². The number of ether oxygens (including phenoxy) is 6. The standard InChI is InChI=1S/C38H54ClN11O9/c1-26(40)44-12-10-27-2-6-29(7-3-27)58-24-22-56-20-18-54-16-14-45-36(52)37(53)46-15-17-55-19-21-57-23-25-59-30-8-4-28(5-9-30)11-13-47-38(43)50-35(51)31-33(41)49-34(42)32(39)48-31/h2-9H,10-25H2,1H3,(H2,40,44)(H,45,52)(H,46,53)(H4,41,42,49)(H3,43,47,50,51). The first-order chi connectivity index (χ1) is 28.5. The van der Waals surface area contributed by atoms with Crippen LogP contribution >= 0.6 is 11.6 Å². The molecule has 0 unspecified atom stereocenters. The van der Waals surface area contributed by atoms with Crippen LogP contribution in [0.15, 0.2) is 58.5 Å². The molecule has 20 nitrogen and oxygen atoms in total. The molecule has 1 heterocycles. The highest BCUT2D eigenvalue weighted by Gasteiger charge is 2.17. The van der Waals surface area contributed by atoms with Gasteiger partial charge >= 0.3 is 11.8 Å². The molecular weight excluding hydrogens is 790 g/mol. The van der Waals surface area contributed by atoms with E-state index in [1.54, 1.807) is 6.92 Å². The molecule has 3 aromatic rings. The number of rotatable bonds is 27. The zero-order chi connectivity index (χ0) is 42.7. The highest BCUT2D eigenvalue weighted by atomic mass is 35.5. The minimum absolute atomic E-state index is 0.0889. The number of benzene rings is 2. The monoisotopic (exact) mass is 843 g/mol. The van der Waals surface area contributed by atoms with E-state index >= 15 is 0 Å². The Kier molecular flexibility index (Phi) is 22.4. The van der Waals surface area contributed by atoms with Crippen molar-refractivity contribution in [3.05, 3.63) is 70.5 Å². The molecule has 21 heteroatoms. The van der Waals surface area contributed by atoms with Crippen molar-refractivity contribution >= 4 is 52.8 Å². The second kappa shape index (κ2) is 27.8. The summed E-state index contributed by atoms with van der Waals surface area (Å²) in [6, 6.07) is 15.2. The van der Waals surface area contributed by atoms with Crippen LogP contribution in [0.5, 0.6) is 11.5 Å². The third-order valence-electron chi connectivity index (χ3n) is 7.66. The maximum atomic E-state index is 12.3. The van der Waals surface area contributed by atoms with Crippen LogP contribution in [0.2, 0.25) is 5.15 Å². The fourth-order valence-electron chi connectivity index (χ4n) is 4.71. The first-order valence-electron chi connectivity index (χ1n) is 18.8. The third kappa shape index (κ3) is 20.5. The quantitative estimate of drug-likeness (QED) is 0.0234. The van der Waals surface area contributed by atoms with E-state index in [1.165, 1.54) is 0 Å². The van der Waals surface area contributed by atoms with Crippen molar-refractivity contribution in [1.82, 2.24) is 25.9 Å². The molecule has 0 saturated carbocycles. The number of nitrogen functional groups attached to an aromatic ring is 2. The van der Waals surface area contributed by atoms with Gasteiger partial charge in [0.15, 0.2) is 28.4 Å². The zero-order valence-corrected chi connectivity index (χ0v) is 33.8.